The smallest absolute Gasteiger partial charge is 0.226 e. The van der Waals surface area contributed by atoms with Gasteiger partial charge in [-0.25, -0.2) is 0 Å². The van der Waals surface area contributed by atoms with Gasteiger partial charge in [0.15, 0.2) is 5.78 Å². The first-order valence-corrected chi connectivity index (χ1v) is 8.23. The Morgan fingerprint density at radius 2 is 1.77 bits per heavy atom. The molecule has 0 aliphatic heterocycles. The van der Waals surface area contributed by atoms with Gasteiger partial charge in [0, 0.05) is 42.9 Å². The molecule has 0 saturated heterocycles. The van der Waals surface area contributed by atoms with E-state index in [4.69, 9.17) is 4.74 Å². The molecular formula is C20H22N2O4. The monoisotopic (exact) mass is 354 g/mol. The first-order chi connectivity index (χ1) is 12.4. The van der Waals surface area contributed by atoms with E-state index in [-0.39, 0.29) is 30.6 Å². The Kier molecular flexibility index (Phi) is 6.49. The fourth-order valence-corrected chi connectivity index (χ4v) is 2.50. The lowest BCUT2D eigenvalue weighted by atomic mass is 10.1. The van der Waals surface area contributed by atoms with Crippen LogP contribution < -0.4 is 15.0 Å². The molecular weight excluding hydrogens is 332 g/mol. The topological polar surface area (TPSA) is 75.7 Å². The van der Waals surface area contributed by atoms with Crippen molar-refractivity contribution in [1.82, 2.24) is 0 Å². The molecule has 1 N–H and O–H groups in total. The zero-order chi connectivity index (χ0) is 19.1. The Labute approximate surface area is 152 Å². The third-order valence-corrected chi connectivity index (χ3v) is 3.86. The van der Waals surface area contributed by atoms with Crippen molar-refractivity contribution in [3.63, 3.8) is 0 Å². The number of ketones is 1. The number of ether oxygens (including phenoxy) is 1. The zero-order valence-corrected chi connectivity index (χ0v) is 15.1. The van der Waals surface area contributed by atoms with E-state index >= 15 is 0 Å². The summed E-state index contributed by atoms with van der Waals surface area (Å²) in [7, 11) is 1.56. The number of carbonyl (C=O) groups excluding carboxylic acids is 3. The number of carbonyl (C=O) groups is 3. The molecule has 2 amide bonds. The SMILES string of the molecule is COc1cccc(N(CCC(=O)Nc2cccc(C(C)=O)c2)C(C)=O)c1. The molecule has 0 heterocycles. The van der Waals surface area contributed by atoms with Gasteiger partial charge in [-0.1, -0.05) is 18.2 Å². The third kappa shape index (κ3) is 5.17. The molecule has 0 bridgehead atoms. The van der Waals surface area contributed by atoms with Gasteiger partial charge < -0.3 is 15.0 Å². The quantitative estimate of drug-likeness (QED) is 0.774. The molecule has 2 rings (SSSR count). The number of hydrogen-bond donors (Lipinski definition) is 1. The maximum Gasteiger partial charge on any atom is 0.226 e. The van der Waals surface area contributed by atoms with E-state index in [2.05, 4.69) is 5.32 Å². The van der Waals surface area contributed by atoms with Crippen LogP contribution in [0.5, 0.6) is 5.75 Å². The first-order valence-electron chi connectivity index (χ1n) is 8.23. The third-order valence-electron chi connectivity index (χ3n) is 3.86. The lowest BCUT2D eigenvalue weighted by Crippen LogP contribution is -2.31. The Morgan fingerprint density at radius 3 is 2.42 bits per heavy atom. The maximum atomic E-state index is 12.2. The fraction of sp³-hybridized carbons (Fsp3) is 0.250. The summed E-state index contributed by atoms with van der Waals surface area (Å²) in [5.41, 5.74) is 1.76. The minimum Gasteiger partial charge on any atom is -0.497 e. The standard InChI is InChI=1S/C20H22N2O4/c1-14(23)16-6-4-7-17(12-16)21-20(25)10-11-22(15(2)24)18-8-5-9-19(13-18)26-3/h4-9,12-13H,10-11H2,1-3H3,(H,21,25). The summed E-state index contributed by atoms with van der Waals surface area (Å²) < 4.78 is 5.18. The molecule has 0 spiro atoms. The van der Waals surface area contributed by atoms with Gasteiger partial charge in [-0.2, -0.15) is 0 Å². The number of nitrogens with zero attached hydrogens (tertiary/aromatic N) is 1. The van der Waals surface area contributed by atoms with Crippen LogP contribution in [0.15, 0.2) is 48.5 Å². The van der Waals surface area contributed by atoms with Crippen LogP contribution in [0.4, 0.5) is 11.4 Å². The van der Waals surface area contributed by atoms with Gasteiger partial charge in [-0.3, -0.25) is 14.4 Å². The minimum absolute atomic E-state index is 0.0677. The summed E-state index contributed by atoms with van der Waals surface area (Å²) in [6, 6.07) is 13.9. The van der Waals surface area contributed by atoms with E-state index in [0.717, 1.165) is 0 Å². The largest absolute Gasteiger partial charge is 0.497 e. The highest BCUT2D eigenvalue weighted by Gasteiger charge is 2.14. The highest BCUT2D eigenvalue weighted by Crippen LogP contribution is 2.21. The van der Waals surface area contributed by atoms with E-state index in [9.17, 15) is 14.4 Å². The highest BCUT2D eigenvalue weighted by atomic mass is 16.5. The van der Waals surface area contributed by atoms with Crippen molar-refractivity contribution in [2.75, 3.05) is 23.9 Å². The molecule has 6 heteroatoms. The minimum atomic E-state index is -0.236. The zero-order valence-electron chi connectivity index (χ0n) is 15.1. The van der Waals surface area contributed by atoms with Crippen LogP contribution in [-0.2, 0) is 9.59 Å². The lowest BCUT2D eigenvalue weighted by molar-refractivity contribution is -0.117. The van der Waals surface area contributed by atoms with Gasteiger partial charge in [-0.05, 0) is 31.2 Å². The van der Waals surface area contributed by atoms with Gasteiger partial charge in [-0.15, -0.1) is 0 Å². The van der Waals surface area contributed by atoms with Gasteiger partial charge in [0.25, 0.3) is 0 Å². The van der Waals surface area contributed by atoms with Gasteiger partial charge >= 0.3 is 0 Å². The normalized spacial score (nSPS) is 10.1. The van der Waals surface area contributed by atoms with Gasteiger partial charge in [0.2, 0.25) is 11.8 Å². The number of methoxy groups -OCH3 is 1. The van der Waals surface area contributed by atoms with E-state index < -0.39 is 0 Å². The summed E-state index contributed by atoms with van der Waals surface area (Å²) in [4.78, 5) is 37.1. The van der Waals surface area contributed by atoms with Crippen LogP contribution in [0.25, 0.3) is 0 Å². The Balaban J connectivity index is 2.02. The molecule has 0 unspecified atom stereocenters. The van der Waals surface area contributed by atoms with Crippen LogP contribution in [0.2, 0.25) is 0 Å². The molecule has 136 valence electrons. The fourth-order valence-electron chi connectivity index (χ4n) is 2.50. The molecule has 0 aliphatic rings. The van der Waals surface area contributed by atoms with E-state index in [1.54, 1.807) is 55.6 Å². The van der Waals surface area contributed by atoms with E-state index in [1.165, 1.54) is 18.7 Å². The number of Topliss-reactive ketones (excluding diaryl/α,β-unsaturated/α-hetero) is 1. The van der Waals surface area contributed by atoms with Crippen molar-refractivity contribution in [2.45, 2.75) is 20.3 Å². The lowest BCUT2D eigenvalue weighted by Gasteiger charge is -2.21. The van der Waals surface area contributed by atoms with E-state index in [1.807, 2.05) is 0 Å². The van der Waals surface area contributed by atoms with Gasteiger partial charge in [0.1, 0.15) is 5.75 Å². The Bertz CT molecular complexity index is 817. The molecule has 2 aromatic carbocycles. The predicted molar refractivity (Wildman–Crippen MR) is 101 cm³/mol. The number of anilines is 2. The molecule has 6 nitrogen and oxygen atoms in total. The van der Waals surface area contributed by atoms with Crippen molar-refractivity contribution in [2.24, 2.45) is 0 Å². The predicted octanol–water partition coefficient (Wildman–Crippen LogP) is 3.28. The highest BCUT2D eigenvalue weighted by molar-refractivity contribution is 5.98. The number of hydrogen-bond acceptors (Lipinski definition) is 4. The second kappa shape index (κ2) is 8.80. The second-order valence-electron chi connectivity index (χ2n) is 5.81. The van der Waals surface area contributed by atoms with Crippen molar-refractivity contribution < 1.29 is 19.1 Å². The van der Waals surface area contributed by atoms with Gasteiger partial charge in [0.05, 0.1) is 7.11 Å². The first kappa shape index (κ1) is 19.2. The molecule has 0 radical (unpaired) electrons. The second-order valence-corrected chi connectivity index (χ2v) is 5.81. The molecule has 0 atom stereocenters. The van der Waals surface area contributed by atoms with Crippen LogP contribution in [-0.4, -0.2) is 31.3 Å². The molecule has 0 aliphatic carbocycles. The summed E-state index contributed by atoms with van der Waals surface area (Å²) in [5.74, 6) is 0.172. The summed E-state index contributed by atoms with van der Waals surface area (Å²) >= 11 is 0. The van der Waals surface area contributed by atoms with Crippen molar-refractivity contribution in [3.8, 4) is 5.75 Å². The van der Waals surface area contributed by atoms with Crippen molar-refractivity contribution in [3.05, 3.63) is 54.1 Å². The molecule has 0 fully saturated rings. The number of rotatable bonds is 7. The van der Waals surface area contributed by atoms with Crippen molar-refractivity contribution >= 4 is 29.0 Å². The molecule has 2 aromatic rings. The molecule has 0 aromatic heterocycles. The van der Waals surface area contributed by atoms with Crippen LogP contribution >= 0.6 is 0 Å². The molecule has 0 saturated carbocycles. The van der Waals surface area contributed by atoms with Crippen LogP contribution in [0.1, 0.15) is 30.6 Å². The number of nitrogens with one attached hydrogen (secondary N) is 1. The Morgan fingerprint density at radius 1 is 1.04 bits per heavy atom. The van der Waals surface area contributed by atoms with Crippen molar-refractivity contribution in [1.29, 1.82) is 0 Å². The summed E-state index contributed by atoms with van der Waals surface area (Å²) in [6.45, 7) is 3.16. The van der Waals surface area contributed by atoms with Crippen LogP contribution in [0, 0.1) is 0 Å². The van der Waals surface area contributed by atoms with Crippen LogP contribution in [0.3, 0.4) is 0 Å². The summed E-state index contributed by atoms with van der Waals surface area (Å²) in [5, 5.41) is 2.75. The summed E-state index contributed by atoms with van der Waals surface area (Å²) in [6.07, 6.45) is 0.126. The maximum absolute atomic E-state index is 12.2. The van der Waals surface area contributed by atoms with E-state index in [0.29, 0.717) is 22.7 Å². The average molecular weight is 354 g/mol. The average Bonchev–Trinajstić information content (AvgIpc) is 2.62. The number of amides is 2. The molecule has 26 heavy (non-hydrogen) atoms. The number of benzene rings is 2. The Hall–Kier alpha value is -3.15.